The zero-order valence-corrected chi connectivity index (χ0v) is 18.5. The van der Waals surface area contributed by atoms with Crippen molar-refractivity contribution >= 4 is 22.5 Å². The number of carbonyl (C=O) groups is 1. The molecule has 1 fully saturated rings. The van der Waals surface area contributed by atoms with E-state index in [4.69, 9.17) is 14.2 Å². The average Bonchev–Trinajstić information content (AvgIpc) is 3.29. The minimum absolute atomic E-state index is 0.0106. The number of aryl methyl sites for hydroxylation is 1. The van der Waals surface area contributed by atoms with Crippen LogP contribution in [0.4, 0.5) is 5.69 Å². The molecular formula is C25H24N4O4. The number of morpholine rings is 1. The molecule has 0 bridgehead atoms. The van der Waals surface area contributed by atoms with Crippen molar-refractivity contribution in [3.8, 4) is 17.2 Å². The van der Waals surface area contributed by atoms with Crippen LogP contribution in [0.5, 0.6) is 11.5 Å². The summed E-state index contributed by atoms with van der Waals surface area (Å²) in [5, 5.41) is 5.37. The van der Waals surface area contributed by atoms with Gasteiger partial charge in [-0.05, 0) is 61.0 Å². The van der Waals surface area contributed by atoms with Gasteiger partial charge in [0.15, 0.2) is 0 Å². The van der Waals surface area contributed by atoms with Gasteiger partial charge >= 0.3 is 0 Å². The second-order valence-electron chi connectivity index (χ2n) is 7.89. The van der Waals surface area contributed by atoms with Crippen molar-refractivity contribution in [2.24, 2.45) is 0 Å². The number of hydrogen-bond acceptors (Lipinski definition) is 6. The lowest BCUT2D eigenvalue weighted by Gasteiger charge is -2.32. The molecule has 8 heteroatoms. The normalized spacial score (nSPS) is 16.2. The molecule has 3 heterocycles. The maximum absolute atomic E-state index is 12.4. The van der Waals surface area contributed by atoms with Crippen LogP contribution in [0.25, 0.3) is 16.6 Å². The smallest absolute Gasteiger partial charge is 0.253 e. The first kappa shape index (κ1) is 21.0. The fourth-order valence-corrected chi connectivity index (χ4v) is 3.91. The van der Waals surface area contributed by atoms with Gasteiger partial charge in [-0.3, -0.25) is 9.78 Å². The number of hydrogen-bond donors (Lipinski definition) is 0. The lowest BCUT2D eigenvalue weighted by molar-refractivity contribution is -0.130. The summed E-state index contributed by atoms with van der Waals surface area (Å²) >= 11 is 0. The predicted molar refractivity (Wildman–Crippen MR) is 124 cm³/mol. The molecule has 5 rings (SSSR count). The Morgan fingerprint density at radius 3 is 2.76 bits per heavy atom. The highest BCUT2D eigenvalue weighted by atomic mass is 16.5. The second kappa shape index (κ2) is 8.91. The first-order valence-electron chi connectivity index (χ1n) is 10.7. The third-order valence-electron chi connectivity index (χ3n) is 5.61. The van der Waals surface area contributed by atoms with Gasteiger partial charge < -0.3 is 19.1 Å². The van der Waals surface area contributed by atoms with E-state index in [2.05, 4.69) is 10.1 Å². The van der Waals surface area contributed by atoms with Crippen LogP contribution in [0.15, 0.2) is 67.1 Å². The summed E-state index contributed by atoms with van der Waals surface area (Å²) in [6.45, 7) is 2.72. The number of rotatable bonds is 6. The van der Waals surface area contributed by atoms with E-state index in [1.807, 2.05) is 72.5 Å². The number of methoxy groups -OCH3 is 1. The molecule has 1 amide bonds. The van der Waals surface area contributed by atoms with Crippen LogP contribution in [0, 0.1) is 6.92 Å². The van der Waals surface area contributed by atoms with E-state index in [1.54, 1.807) is 18.2 Å². The van der Waals surface area contributed by atoms with Crippen molar-refractivity contribution in [1.29, 1.82) is 0 Å². The number of anilines is 1. The van der Waals surface area contributed by atoms with Crippen LogP contribution in [0.1, 0.15) is 5.56 Å². The van der Waals surface area contributed by atoms with Crippen LogP contribution in [0.2, 0.25) is 0 Å². The number of benzene rings is 2. The van der Waals surface area contributed by atoms with E-state index in [0.717, 1.165) is 33.6 Å². The first-order valence-corrected chi connectivity index (χ1v) is 10.7. The van der Waals surface area contributed by atoms with Crippen molar-refractivity contribution in [2.45, 2.75) is 13.0 Å². The third-order valence-corrected chi connectivity index (χ3v) is 5.61. The van der Waals surface area contributed by atoms with Gasteiger partial charge in [0, 0.05) is 23.5 Å². The molecule has 0 N–H and O–H groups in total. The van der Waals surface area contributed by atoms with Gasteiger partial charge in [-0.25, -0.2) is 4.68 Å². The summed E-state index contributed by atoms with van der Waals surface area (Å²) in [6, 6.07) is 15.2. The molecule has 0 spiro atoms. The van der Waals surface area contributed by atoms with Crippen molar-refractivity contribution in [3.63, 3.8) is 0 Å². The van der Waals surface area contributed by atoms with Gasteiger partial charge in [-0.1, -0.05) is 0 Å². The van der Waals surface area contributed by atoms with Crippen LogP contribution >= 0.6 is 0 Å². The number of ether oxygens (including phenoxy) is 3. The molecule has 2 aromatic heterocycles. The summed E-state index contributed by atoms with van der Waals surface area (Å²) in [6.07, 6.45) is 5.28. The van der Waals surface area contributed by atoms with Gasteiger partial charge in [0.1, 0.15) is 36.3 Å². The Morgan fingerprint density at radius 1 is 1.15 bits per heavy atom. The molecule has 33 heavy (non-hydrogen) atoms. The highest BCUT2D eigenvalue weighted by molar-refractivity contribution is 5.95. The van der Waals surface area contributed by atoms with E-state index in [1.165, 1.54) is 0 Å². The fraction of sp³-hybridized carbons (Fsp3) is 0.240. The number of aromatic nitrogens is 3. The molecule has 0 saturated carbocycles. The predicted octanol–water partition coefficient (Wildman–Crippen LogP) is 3.55. The molecule has 1 atom stereocenters. The van der Waals surface area contributed by atoms with Crippen molar-refractivity contribution < 1.29 is 19.0 Å². The summed E-state index contributed by atoms with van der Waals surface area (Å²) < 4.78 is 18.9. The Kier molecular flexibility index (Phi) is 5.66. The van der Waals surface area contributed by atoms with Gasteiger partial charge in [-0.2, -0.15) is 5.10 Å². The second-order valence-corrected chi connectivity index (χ2v) is 7.89. The van der Waals surface area contributed by atoms with Crippen molar-refractivity contribution in [3.05, 3.63) is 72.7 Å². The minimum Gasteiger partial charge on any atom is -0.497 e. The largest absolute Gasteiger partial charge is 0.497 e. The maximum Gasteiger partial charge on any atom is 0.253 e. The molecule has 1 unspecified atom stereocenters. The molecule has 4 aromatic rings. The Labute approximate surface area is 191 Å². The summed E-state index contributed by atoms with van der Waals surface area (Å²) in [7, 11) is 1.61. The van der Waals surface area contributed by atoms with Gasteiger partial charge in [0.05, 0.1) is 25.5 Å². The quantitative estimate of drug-likeness (QED) is 0.453. The molecule has 0 radical (unpaired) electrons. The van der Waals surface area contributed by atoms with Crippen molar-refractivity contribution in [2.75, 3.05) is 31.8 Å². The number of fused-ring (bicyclic) bond motifs is 1. The monoisotopic (exact) mass is 444 g/mol. The van der Waals surface area contributed by atoms with Gasteiger partial charge in [-0.15, -0.1) is 0 Å². The minimum atomic E-state index is -0.267. The maximum atomic E-state index is 12.4. The number of nitrogens with zero attached hydrogens (tertiary/aromatic N) is 4. The average molecular weight is 444 g/mol. The number of pyridine rings is 1. The Balaban J connectivity index is 1.34. The lowest BCUT2D eigenvalue weighted by Crippen LogP contribution is -2.48. The molecule has 8 nitrogen and oxygen atoms in total. The van der Waals surface area contributed by atoms with Gasteiger partial charge in [0.2, 0.25) is 0 Å². The molecule has 2 aromatic carbocycles. The highest BCUT2D eigenvalue weighted by Crippen LogP contribution is 2.29. The molecule has 1 aliphatic heterocycles. The summed E-state index contributed by atoms with van der Waals surface area (Å²) in [5.41, 5.74) is 3.57. The highest BCUT2D eigenvalue weighted by Gasteiger charge is 2.28. The zero-order valence-electron chi connectivity index (χ0n) is 18.5. The third kappa shape index (κ3) is 4.25. The standard InChI is InChI=1S/C25H24N4O4/c1-17-12-27-29(13-17)22-9-10-23(25-21(22)4-3-11-26-25)33-15-20-14-28(24(30)16-32-20)18-5-7-19(31-2)8-6-18/h3-13,20H,14-16H2,1-2H3. The number of amides is 1. The van der Waals surface area contributed by atoms with E-state index in [-0.39, 0.29) is 18.6 Å². The van der Waals surface area contributed by atoms with Crippen LogP contribution in [0.3, 0.4) is 0 Å². The Bertz CT molecular complexity index is 1290. The Morgan fingerprint density at radius 2 is 2.00 bits per heavy atom. The van der Waals surface area contributed by atoms with Crippen LogP contribution < -0.4 is 14.4 Å². The molecule has 168 valence electrons. The molecule has 0 aliphatic carbocycles. The van der Waals surface area contributed by atoms with E-state index in [0.29, 0.717) is 18.9 Å². The molecule has 1 aliphatic rings. The van der Waals surface area contributed by atoms with E-state index >= 15 is 0 Å². The molecular weight excluding hydrogens is 420 g/mol. The fourth-order valence-electron chi connectivity index (χ4n) is 3.91. The lowest BCUT2D eigenvalue weighted by atomic mass is 10.1. The van der Waals surface area contributed by atoms with Crippen molar-refractivity contribution in [1.82, 2.24) is 14.8 Å². The summed E-state index contributed by atoms with van der Waals surface area (Å²) in [5.74, 6) is 1.32. The van der Waals surface area contributed by atoms with E-state index in [9.17, 15) is 4.79 Å². The molecule has 1 saturated heterocycles. The topological polar surface area (TPSA) is 78.7 Å². The van der Waals surface area contributed by atoms with Crippen LogP contribution in [-0.4, -0.2) is 53.6 Å². The Hall–Kier alpha value is -3.91. The van der Waals surface area contributed by atoms with Gasteiger partial charge in [0.25, 0.3) is 5.91 Å². The number of carbonyl (C=O) groups excluding carboxylic acids is 1. The SMILES string of the molecule is COc1ccc(N2CC(COc3ccc(-n4cc(C)cn4)c4cccnc34)OCC2=O)cc1. The van der Waals surface area contributed by atoms with Crippen LogP contribution in [-0.2, 0) is 9.53 Å². The first-order chi connectivity index (χ1) is 16.1. The van der Waals surface area contributed by atoms with E-state index < -0.39 is 0 Å². The zero-order chi connectivity index (χ0) is 22.8. The summed E-state index contributed by atoms with van der Waals surface area (Å²) in [4.78, 5) is 18.7.